The van der Waals surface area contributed by atoms with Crippen molar-refractivity contribution in [3.8, 4) is 0 Å². The van der Waals surface area contributed by atoms with Crippen molar-refractivity contribution in [1.82, 2.24) is 14.5 Å². The summed E-state index contributed by atoms with van der Waals surface area (Å²) < 4.78 is 27.4. The van der Waals surface area contributed by atoms with Crippen molar-refractivity contribution in [3.05, 3.63) is 64.7 Å². The molecule has 1 amide bonds. The molecule has 2 aliphatic rings. The van der Waals surface area contributed by atoms with Gasteiger partial charge in [-0.05, 0) is 67.6 Å². The van der Waals surface area contributed by atoms with Crippen LogP contribution in [-0.2, 0) is 16.6 Å². The second-order valence-corrected chi connectivity index (χ2v) is 11.4. The second kappa shape index (κ2) is 11.0. The van der Waals surface area contributed by atoms with Crippen LogP contribution in [0.3, 0.4) is 0 Å². The summed E-state index contributed by atoms with van der Waals surface area (Å²) in [5.74, 6) is -0.148. The fourth-order valence-electron chi connectivity index (χ4n) is 4.56. The Morgan fingerprint density at radius 1 is 0.879 bits per heavy atom. The van der Waals surface area contributed by atoms with Gasteiger partial charge in [-0.25, -0.2) is 8.42 Å². The van der Waals surface area contributed by atoms with E-state index >= 15 is 0 Å². The molecular formula is C25H32ClN3O3S. The fourth-order valence-corrected chi connectivity index (χ4v) is 6.20. The van der Waals surface area contributed by atoms with Gasteiger partial charge in [-0.2, -0.15) is 4.31 Å². The maximum atomic E-state index is 12.9. The maximum Gasteiger partial charge on any atom is 0.251 e. The number of hydrogen-bond acceptors (Lipinski definition) is 4. The van der Waals surface area contributed by atoms with Crippen LogP contribution < -0.4 is 5.32 Å². The zero-order valence-corrected chi connectivity index (χ0v) is 20.5. The van der Waals surface area contributed by atoms with Crippen molar-refractivity contribution < 1.29 is 13.2 Å². The van der Waals surface area contributed by atoms with Crippen LogP contribution in [0.15, 0.2) is 53.4 Å². The van der Waals surface area contributed by atoms with Crippen molar-refractivity contribution in [2.75, 3.05) is 26.2 Å². The number of piperidine rings is 1. The van der Waals surface area contributed by atoms with Crippen LogP contribution in [0.4, 0.5) is 0 Å². The summed E-state index contributed by atoms with van der Waals surface area (Å²) >= 11 is 5.96. The highest BCUT2D eigenvalue weighted by molar-refractivity contribution is 7.89. The third kappa shape index (κ3) is 6.35. The molecule has 0 bridgehead atoms. The first-order valence-corrected chi connectivity index (χ1v) is 13.6. The number of nitrogens with one attached hydrogen (secondary N) is 1. The predicted octanol–water partition coefficient (Wildman–Crippen LogP) is 4.30. The quantitative estimate of drug-likeness (QED) is 0.656. The van der Waals surface area contributed by atoms with Crippen LogP contribution in [0.25, 0.3) is 0 Å². The number of amides is 1. The summed E-state index contributed by atoms with van der Waals surface area (Å²) in [7, 11) is -3.50. The highest BCUT2D eigenvalue weighted by Crippen LogP contribution is 2.21. The minimum atomic E-state index is -3.50. The molecule has 4 rings (SSSR count). The monoisotopic (exact) mass is 489 g/mol. The van der Waals surface area contributed by atoms with Gasteiger partial charge in [0.05, 0.1) is 4.90 Å². The molecule has 2 aliphatic heterocycles. The van der Waals surface area contributed by atoms with Crippen molar-refractivity contribution in [1.29, 1.82) is 0 Å². The van der Waals surface area contributed by atoms with E-state index in [4.69, 9.17) is 11.6 Å². The average Bonchev–Trinajstić information content (AvgIpc) is 3.12. The Kier molecular flexibility index (Phi) is 8.07. The minimum Gasteiger partial charge on any atom is -0.349 e. The number of likely N-dealkylation sites (tertiary alicyclic amines) is 1. The molecule has 33 heavy (non-hydrogen) atoms. The number of benzene rings is 2. The summed E-state index contributed by atoms with van der Waals surface area (Å²) in [5.41, 5.74) is 1.73. The van der Waals surface area contributed by atoms with Gasteiger partial charge in [0.15, 0.2) is 0 Å². The molecule has 2 heterocycles. The van der Waals surface area contributed by atoms with Gasteiger partial charge >= 0.3 is 0 Å². The molecule has 0 saturated carbocycles. The third-order valence-corrected chi connectivity index (χ3v) is 8.73. The molecular weight excluding hydrogens is 458 g/mol. The number of halogens is 1. The zero-order valence-electron chi connectivity index (χ0n) is 18.9. The van der Waals surface area contributed by atoms with Crippen LogP contribution in [0.5, 0.6) is 0 Å². The van der Waals surface area contributed by atoms with E-state index in [1.54, 1.807) is 28.6 Å². The van der Waals surface area contributed by atoms with E-state index in [-0.39, 0.29) is 16.8 Å². The van der Waals surface area contributed by atoms with Gasteiger partial charge in [0, 0.05) is 49.4 Å². The standard InChI is InChI=1S/C25H32ClN3O3S/c26-22-9-5-20(6-10-22)19-28-17-13-23(14-18-28)27-25(30)21-7-11-24(12-8-21)33(31,32)29-15-3-1-2-4-16-29/h5-12,23H,1-4,13-19H2,(H,27,30). The molecule has 178 valence electrons. The number of hydrogen-bond donors (Lipinski definition) is 1. The third-order valence-electron chi connectivity index (χ3n) is 6.56. The number of sulfonamides is 1. The molecule has 2 aromatic carbocycles. The first kappa shape index (κ1) is 24.2. The van der Waals surface area contributed by atoms with Gasteiger partial charge in [0.25, 0.3) is 5.91 Å². The molecule has 0 unspecified atom stereocenters. The molecule has 0 atom stereocenters. The van der Waals surface area contributed by atoms with Crippen molar-refractivity contribution in [2.45, 2.75) is 56.0 Å². The molecule has 1 N–H and O–H groups in total. The largest absolute Gasteiger partial charge is 0.349 e. The van der Waals surface area contributed by atoms with Crippen molar-refractivity contribution >= 4 is 27.5 Å². The maximum absolute atomic E-state index is 12.9. The average molecular weight is 490 g/mol. The van der Waals surface area contributed by atoms with Crippen molar-refractivity contribution in [2.24, 2.45) is 0 Å². The Morgan fingerprint density at radius 3 is 2.09 bits per heavy atom. The first-order chi connectivity index (χ1) is 15.9. The van der Waals surface area contributed by atoms with E-state index in [9.17, 15) is 13.2 Å². The predicted molar refractivity (Wildman–Crippen MR) is 131 cm³/mol. The van der Waals surface area contributed by atoms with Gasteiger partial charge in [-0.3, -0.25) is 9.69 Å². The zero-order chi connectivity index (χ0) is 23.3. The van der Waals surface area contributed by atoms with Gasteiger partial charge in [-0.15, -0.1) is 0 Å². The van der Waals surface area contributed by atoms with Crippen LogP contribution in [0, 0.1) is 0 Å². The lowest BCUT2D eigenvalue weighted by atomic mass is 10.0. The smallest absolute Gasteiger partial charge is 0.251 e. The Labute approximate surface area is 202 Å². The Bertz CT molecular complexity index is 1030. The second-order valence-electron chi connectivity index (χ2n) is 8.99. The number of nitrogens with zero attached hydrogens (tertiary/aromatic N) is 2. The lowest BCUT2D eigenvalue weighted by Crippen LogP contribution is -2.44. The molecule has 6 nitrogen and oxygen atoms in total. The minimum absolute atomic E-state index is 0.125. The van der Waals surface area contributed by atoms with E-state index in [0.29, 0.717) is 18.7 Å². The highest BCUT2D eigenvalue weighted by Gasteiger charge is 2.26. The molecule has 8 heteroatoms. The van der Waals surface area contributed by atoms with E-state index in [2.05, 4.69) is 10.2 Å². The Hall–Kier alpha value is -1.93. The van der Waals surface area contributed by atoms with Gasteiger partial charge in [0.1, 0.15) is 0 Å². The van der Waals surface area contributed by atoms with Crippen LogP contribution in [-0.4, -0.2) is 55.8 Å². The fraction of sp³-hybridized carbons (Fsp3) is 0.480. The summed E-state index contributed by atoms with van der Waals surface area (Å²) in [5, 5.41) is 3.86. The summed E-state index contributed by atoms with van der Waals surface area (Å²) in [6, 6.07) is 14.4. The Balaban J connectivity index is 1.29. The molecule has 2 fully saturated rings. The summed E-state index contributed by atoms with van der Waals surface area (Å²) in [4.78, 5) is 15.4. The molecule has 0 radical (unpaired) electrons. The van der Waals surface area contributed by atoms with Gasteiger partial charge in [-0.1, -0.05) is 36.6 Å². The Morgan fingerprint density at radius 2 is 1.48 bits per heavy atom. The van der Waals surface area contributed by atoms with E-state index in [1.165, 1.54) is 5.56 Å². The molecule has 0 aliphatic carbocycles. The highest BCUT2D eigenvalue weighted by atomic mass is 35.5. The van der Waals surface area contributed by atoms with Crippen LogP contribution in [0.2, 0.25) is 5.02 Å². The normalized spacial score (nSPS) is 19.2. The molecule has 2 saturated heterocycles. The van der Waals surface area contributed by atoms with Crippen LogP contribution >= 0.6 is 11.6 Å². The van der Waals surface area contributed by atoms with Crippen LogP contribution in [0.1, 0.15) is 54.4 Å². The number of carbonyl (C=O) groups excluding carboxylic acids is 1. The first-order valence-electron chi connectivity index (χ1n) is 11.8. The SMILES string of the molecule is O=C(NC1CCN(Cc2ccc(Cl)cc2)CC1)c1ccc(S(=O)(=O)N2CCCCCC2)cc1. The van der Waals surface area contributed by atoms with E-state index < -0.39 is 10.0 Å². The summed E-state index contributed by atoms with van der Waals surface area (Å²) in [6.45, 7) is 3.86. The van der Waals surface area contributed by atoms with Gasteiger partial charge in [0.2, 0.25) is 10.0 Å². The number of rotatable bonds is 6. The topological polar surface area (TPSA) is 69.7 Å². The molecule has 0 spiro atoms. The van der Waals surface area contributed by atoms with E-state index in [0.717, 1.165) is 63.2 Å². The lowest BCUT2D eigenvalue weighted by Gasteiger charge is -2.32. The molecule has 2 aromatic rings. The molecule has 0 aromatic heterocycles. The summed E-state index contributed by atoms with van der Waals surface area (Å²) in [6.07, 6.45) is 5.73. The lowest BCUT2D eigenvalue weighted by molar-refractivity contribution is 0.0909. The van der Waals surface area contributed by atoms with E-state index in [1.807, 2.05) is 24.3 Å². The van der Waals surface area contributed by atoms with Crippen molar-refractivity contribution in [3.63, 3.8) is 0 Å². The number of carbonyl (C=O) groups is 1. The van der Waals surface area contributed by atoms with Gasteiger partial charge < -0.3 is 5.32 Å².